The second kappa shape index (κ2) is 6.51. The first-order chi connectivity index (χ1) is 7.63. The van der Waals surface area contributed by atoms with Crippen LogP contribution in [0.2, 0.25) is 0 Å². The highest BCUT2D eigenvalue weighted by molar-refractivity contribution is 5.30. The highest BCUT2D eigenvalue weighted by atomic mass is 16.5. The van der Waals surface area contributed by atoms with Gasteiger partial charge in [-0.25, -0.2) is 0 Å². The monoisotopic (exact) mass is 223 g/mol. The molecule has 0 fully saturated rings. The van der Waals surface area contributed by atoms with Crippen molar-refractivity contribution >= 4 is 0 Å². The van der Waals surface area contributed by atoms with Crippen LogP contribution in [0.25, 0.3) is 0 Å². The number of ether oxygens (including phenoxy) is 1. The van der Waals surface area contributed by atoms with Gasteiger partial charge in [-0.2, -0.15) is 0 Å². The molecule has 1 aromatic carbocycles. The summed E-state index contributed by atoms with van der Waals surface area (Å²) in [5.41, 5.74) is 0.888. The molecule has 1 aromatic rings. The third-order valence-electron chi connectivity index (χ3n) is 2.27. The van der Waals surface area contributed by atoms with Crippen molar-refractivity contribution < 1.29 is 9.84 Å². The average Bonchev–Trinajstić information content (AvgIpc) is 2.26. The molecule has 0 saturated heterocycles. The zero-order valence-electron chi connectivity index (χ0n) is 10.2. The minimum absolute atomic E-state index is 0.379. The summed E-state index contributed by atoms with van der Waals surface area (Å²) in [6.45, 7) is 7.27. The predicted molar refractivity (Wildman–Crippen MR) is 65.7 cm³/mol. The van der Waals surface area contributed by atoms with Gasteiger partial charge in [-0.1, -0.05) is 26.0 Å². The van der Waals surface area contributed by atoms with E-state index in [1.165, 1.54) is 0 Å². The number of hydrogen-bond donors (Lipinski definition) is 2. The van der Waals surface area contributed by atoms with Crippen molar-refractivity contribution in [1.82, 2.24) is 5.32 Å². The van der Waals surface area contributed by atoms with E-state index >= 15 is 0 Å². The molecule has 0 bridgehead atoms. The molecule has 0 aliphatic rings. The Balaban J connectivity index is 2.60. The van der Waals surface area contributed by atoms with E-state index in [9.17, 15) is 5.11 Å². The highest BCUT2D eigenvalue weighted by Gasteiger charge is 2.08. The van der Waals surface area contributed by atoms with Crippen molar-refractivity contribution in [2.45, 2.75) is 32.9 Å². The van der Waals surface area contributed by atoms with E-state index in [0.29, 0.717) is 19.2 Å². The minimum Gasteiger partial charge on any atom is -0.494 e. The molecule has 1 rings (SSSR count). The molecule has 1 unspecified atom stereocenters. The van der Waals surface area contributed by atoms with E-state index in [1.54, 1.807) is 0 Å². The van der Waals surface area contributed by atoms with Crippen LogP contribution in [-0.4, -0.2) is 24.3 Å². The molecular formula is C13H21NO2. The molecule has 0 spiro atoms. The summed E-state index contributed by atoms with van der Waals surface area (Å²) < 4.78 is 5.39. The Labute approximate surface area is 97.4 Å². The molecule has 0 aliphatic heterocycles. The Bertz CT molecular complexity index is 313. The molecule has 0 saturated carbocycles. The number of nitrogens with one attached hydrogen (secondary N) is 1. The average molecular weight is 223 g/mol. The second-order valence-corrected chi connectivity index (χ2v) is 4.08. The van der Waals surface area contributed by atoms with Crippen molar-refractivity contribution in [3.05, 3.63) is 29.8 Å². The molecule has 0 heterocycles. The normalized spacial score (nSPS) is 12.8. The Hall–Kier alpha value is -1.06. The maximum Gasteiger partial charge on any atom is 0.119 e. The molecule has 90 valence electrons. The number of aliphatic hydroxyl groups excluding tert-OH is 1. The largest absolute Gasteiger partial charge is 0.494 e. The highest BCUT2D eigenvalue weighted by Crippen LogP contribution is 2.18. The van der Waals surface area contributed by atoms with Crippen LogP contribution in [0.4, 0.5) is 0 Å². The van der Waals surface area contributed by atoms with Gasteiger partial charge in [0.15, 0.2) is 0 Å². The lowest BCUT2D eigenvalue weighted by Gasteiger charge is -2.15. The quantitative estimate of drug-likeness (QED) is 0.776. The minimum atomic E-state index is -0.484. The molecule has 16 heavy (non-hydrogen) atoms. The van der Waals surface area contributed by atoms with Gasteiger partial charge in [0.2, 0.25) is 0 Å². The van der Waals surface area contributed by atoms with Gasteiger partial charge in [0, 0.05) is 12.6 Å². The zero-order chi connectivity index (χ0) is 12.0. The third kappa shape index (κ3) is 4.21. The fourth-order valence-electron chi connectivity index (χ4n) is 1.44. The Morgan fingerprint density at radius 1 is 1.38 bits per heavy atom. The van der Waals surface area contributed by atoms with Crippen molar-refractivity contribution in [2.24, 2.45) is 0 Å². The lowest BCUT2D eigenvalue weighted by Crippen LogP contribution is -2.27. The summed E-state index contributed by atoms with van der Waals surface area (Å²) in [5, 5.41) is 13.1. The molecule has 0 amide bonds. The number of rotatable bonds is 6. The van der Waals surface area contributed by atoms with Gasteiger partial charge in [-0.05, 0) is 24.6 Å². The van der Waals surface area contributed by atoms with Gasteiger partial charge in [0.1, 0.15) is 5.75 Å². The first kappa shape index (κ1) is 13.0. The van der Waals surface area contributed by atoms with Gasteiger partial charge < -0.3 is 15.2 Å². The first-order valence-electron chi connectivity index (χ1n) is 5.77. The van der Waals surface area contributed by atoms with Crippen LogP contribution in [-0.2, 0) is 0 Å². The van der Waals surface area contributed by atoms with Crippen molar-refractivity contribution in [3.63, 3.8) is 0 Å². The molecule has 3 heteroatoms. The van der Waals surface area contributed by atoms with Crippen LogP contribution in [0.5, 0.6) is 5.75 Å². The van der Waals surface area contributed by atoms with Gasteiger partial charge in [0.25, 0.3) is 0 Å². The van der Waals surface area contributed by atoms with E-state index < -0.39 is 6.10 Å². The molecular weight excluding hydrogens is 202 g/mol. The molecule has 0 aromatic heterocycles. The van der Waals surface area contributed by atoms with Crippen LogP contribution < -0.4 is 10.1 Å². The number of benzene rings is 1. The van der Waals surface area contributed by atoms with Gasteiger partial charge in [-0.15, -0.1) is 0 Å². The van der Waals surface area contributed by atoms with Crippen LogP contribution in [0.1, 0.15) is 32.4 Å². The maximum absolute atomic E-state index is 9.94. The Morgan fingerprint density at radius 2 is 2.12 bits per heavy atom. The van der Waals surface area contributed by atoms with Crippen LogP contribution in [0.15, 0.2) is 24.3 Å². The number of hydrogen-bond acceptors (Lipinski definition) is 3. The molecule has 1 atom stereocenters. The summed E-state index contributed by atoms with van der Waals surface area (Å²) >= 11 is 0. The zero-order valence-corrected chi connectivity index (χ0v) is 10.2. The van der Waals surface area contributed by atoms with Gasteiger partial charge in [0.05, 0.1) is 12.7 Å². The first-order valence-corrected chi connectivity index (χ1v) is 5.77. The van der Waals surface area contributed by atoms with E-state index in [0.717, 1.165) is 11.3 Å². The fraction of sp³-hybridized carbons (Fsp3) is 0.538. The summed E-state index contributed by atoms with van der Waals surface area (Å²) in [5.74, 6) is 0.809. The standard InChI is InChI=1S/C13H21NO2/c1-4-16-12-7-5-6-11(8-12)13(15)9-14-10(2)3/h5-8,10,13-15H,4,9H2,1-3H3. The van der Waals surface area contributed by atoms with E-state index in [1.807, 2.05) is 31.2 Å². The SMILES string of the molecule is CCOc1cccc(C(O)CNC(C)C)c1. The van der Waals surface area contributed by atoms with E-state index in [4.69, 9.17) is 4.74 Å². The van der Waals surface area contributed by atoms with E-state index in [-0.39, 0.29) is 0 Å². The second-order valence-electron chi connectivity index (χ2n) is 4.08. The lowest BCUT2D eigenvalue weighted by atomic mass is 10.1. The summed E-state index contributed by atoms with van der Waals surface area (Å²) in [6, 6.07) is 7.98. The Kier molecular flexibility index (Phi) is 5.29. The summed E-state index contributed by atoms with van der Waals surface area (Å²) in [7, 11) is 0. The molecule has 3 nitrogen and oxygen atoms in total. The predicted octanol–water partition coefficient (Wildman–Crippen LogP) is 2.12. The van der Waals surface area contributed by atoms with E-state index in [2.05, 4.69) is 19.2 Å². The molecule has 0 radical (unpaired) electrons. The molecule has 0 aliphatic carbocycles. The summed E-state index contributed by atoms with van der Waals surface area (Å²) in [4.78, 5) is 0. The van der Waals surface area contributed by atoms with Crippen molar-refractivity contribution in [1.29, 1.82) is 0 Å². The van der Waals surface area contributed by atoms with Gasteiger partial charge >= 0.3 is 0 Å². The maximum atomic E-state index is 9.94. The number of aliphatic hydroxyl groups is 1. The molecule has 2 N–H and O–H groups in total. The van der Waals surface area contributed by atoms with Crippen LogP contribution >= 0.6 is 0 Å². The third-order valence-corrected chi connectivity index (χ3v) is 2.27. The topological polar surface area (TPSA) is 41.5 Å². The van der Waals surface area contributed by atoms with Crippen LogP contribution in [0, 0.1) is 0 Å². The fourth-order valence-corrected chi connectivity index (χ4v) is 1.44. The summed E-state index contributed by atoms with van der Waals surface area (Å²) in [6.07, 6.45) is -0.484. The van der Waals surface area contributed by atoms with Gasteiger partial charge in [-0.3, -0.25) is 0 Å². The lowest BCUT2D eigenvalue weighted by molar-refractivity contribution is 0.171. The van der Waals surface area contributed by atoms with Crippen LogP contribution in [0.3, 0.4) is 0 Å². The Morgan fingerprint density at radius 3 is 2.75 bits per heavy atom. The smallest absolute Gasteiger partial charge is 0.119 e. The van der Waals surface area contributed by atoms with Crippen molar-refractivity contribution in [2.75, 3.05) is 13.2 Å². The van der Waals surface area contributed by atoms with Crippen molar-refractivity contribution in [3.8, 4) is 5.75 Å².